The molecule has 0 bridgehead atoms. The molecule has 1 unspecified atom stereocenters. The van der Waals surface area contributed by atoms with Crippen molar-refractivity contribution in [1.82, 2.24) is 0 Å². The Kier molecular flexibility index (Phi) is 27.0. The minimum Gasteiger partial charge on any atom is -0.541 e. The molecular formula is C7H11KO4. The summed E-state index contributed by atoms with van der Waals surface area (Å²) in [6.45, 7) is 1.58. The minimum absolute atomic E-state index is 0. The van der Waals surface area contributed by atoms with Gasteiger partial charge in [-0.25, -0.2) is 0 Å². The van der Waals surface area contributed by atoms with Crippen LogP contribution in [-0.4, -0.2) is 30.1 Å². The van der Waals surface area contributed by atoms with Gasteiger partial charge in [0.1, 0.15) is 6.29 Å². The fourth-order valence-electron chi connectivity index (χ4n) is 0.173. The second-order valence-corrected chi connectivity index (χ2v) is 1.77. The van der Waals surface area contributed by atoms with E-state index in [1.165, 1.54) is 6.29 Å². The fraction of sp³-hybridized carbons (Fsp3) is 0.571. The van der Waals surface area contributed by atoms with Gasteiger partial charge < -0.3 is 19.5 Å². The van der Waals surface area contributed by atoms with E-state index in [1.807, 2.05) is 0 Å². The summed E-state index contributed by atoms with van der Waals surface area (Å²) in [6, 6.07) is 0. The average Bonchev–Trinajstić information content (AvgIpc) is 1.90. The van der Waals surface area contributed by atoms with Crippen molar-refractivity contribution in [2.45, 2.75) is 25.9 Å². The monoisotopic (exact) mass is 198 g/mol. The number of hydrogen-bond donors (Lipinski definition) is 1. The first kappa shape index (κ1) is 18.4. The summed E-state index contributed by atoms with van der Waals surface area (Å²) >= 11 is 0. The Morgan fingerprint density at radius 3 is 1.92 bits per heavy atom. The van der Waals surface area contributed by atoms with Crippen molar-refractivity contribution in [2.75, 3.05) is 0 Å². The largest absolute Gasteiger partial charge is 1.00 e. The number of rotatable bonds is 4. The topological polar surface area (TPSA) is 71.4 Å². The van der Waals surface area contributed by atoms with E-state index in [0.717, 1.165) is 0 Å². The maximum atomic E-state index is 9.46. The molecule has 12 heavy (non-hydrogen) atoms. The van der Waals surface area contributed by atoms with Crippen LogP contribution in [-0.2, 0) is 14.4 Å². The first-order valence-electron chi connectivity index (χ1n) is 3.09. The third-order valence-corrected chi connectivity index (χ3v) is 0.604. The Morgan fingerprint density at radius 2 is 1.92 bits per heavy atom. The van der Waals surface area contributed by atoms with Crippen LogP contribution in [0.2, 0.25) is 0 Å². The third-order valence-electron chi connectivity index (χ3n) is 0.604. The van der Waals surface area contributed by atoms with E-state index in [1.54, 1.807) is 6.92 Å². The van der Waals surface area contributed by atoms with Gasteiger partial charge in [-0.1, -0.05) is 6.42 Å². The zero-order valence-electron chi connectivity index (χ0n) is 7.32. The zero-order chi connectivity index (χ0) is 9.11. The van der Waals surface area contributed by atoms with Crippen LogP contribution in [0.5, 0.6) is 0 Å². The van der Waals surface area contributed by atoms with Gasteiger partial charge in [-0.2, -0.15) is 0 Å². The van der Waals surface area contributed by atoms with Crippen LogP contribution in [0, 0.1) is 0 Å². The van der Waals surface area contributed by atoms with Gasteiger partial charge in [0.25, 0.3) is 0 Å². The number of hydrogen-bond acceptors (Lipinski definition) is 4. The van der Waals surface area contributed by atoms with Gasteiger partial charge in [0.2, 0.25) is 0 Å². The molecule has 0 radical (unpaired) electrons. The van der Waals surface area contributed by atoms with Crippen LogP contribution in [0.3, 0.4) is 0 Å². The molecule has 1 N–H and O–H groups in total. The molecular weight excluding hydrogens is 187 g/mol. The number of aliphatic hydroxyl groups excluding tert-OH is 1. The molecule has 5 heteroatoms. The summed E-state index contributed by atoms with van der Waals surface area (Å²) in [6.07, 6.45) is 2.29. The van der Waals surface area contributed by atoms with Gasteiger partial charge in [0.05, 0.1) is 12.4 Å². The molecule has 64 valence electrons. The minimum atomic E-state index is -0.470. The van der Waals surface area contributed by atoms with Crippen LogP contribution in [0.1, 0.15) is 19.8 Å². The molecule has 4 nitrogen and oxygen atoms in total. The number of aliphatic hydroxyl groups is 1. The molecule has 0 amide bonds. The number of carbonyl (C=O) groups excluding carboxylic acids is 3. The molecule has 0 rings (SSSR count). The first-order valence-corrected chi connectivity index (χ1v) is 3.09. The Labute approximate surface area is 114 Å². The van der Waals surface area contributed by atoms with E-state index in [-0.39, 0.29) is 64.2 Å². The van der Waals surface area contributed by atoms with Crippen LogP contribution >= 0.6 is 0 Å². The molecule has 0 saturated heterocycles. The van der Waals surface area contributed by atoms with Gasteiger partial charge in [-0.05, 0) is 6.92 Å². The van der Waals surface area contributed by atoms with Crippen LogP contribution in [0.4, 0.5) is 0 Å². The van der Waals surface area contributed by atoms with Crippen molar-refractivity contribution in [3.63, 3.8) is 0 Å². The van der Waals surface area contributed by atoms with Crippen molar-refractivity contribution < 1.29 is 70.9 Å². The standard InChI is InChI=1S/C4H8O2.C3H3O2.K/c1-4(6)2-3-5;4-2-1-3-5;/h3-4,6H,2H2,1H3;2H,1H2;/q;-1;+1. The Balaban J connectivity index is -0.000000126. The van der Waals surface area contributed by atoms with Gasteiger partial charge in [-0.15, -0.1) is 0 Å². The van der Waals surface area contributed by atoms with Gasteiger partial charge >= 0.3 is 51.4 Å². The Hall–Kier alpha value is 0.606. The Morgan fingerprint density at radius 1 is 1.42 bits per heavy atom. The molecule has 0 heterocycles. The molecule has 1 atom stereocenters. The molecule has 0 saturated carbocycles. The maximum Gasteiger partial charge on any atom is 1.00 e. The van der Waals surface area contributed by atoms with Gasteiger partial charge in [0.15, 0.2) is 0 Å². The summed E-state index contributed by atoms with van der Waals surface area (Å²) in [5.41, 5.74) is 0. The molecule has 0 fully saturated rings. The van der Waals surface area contributed by atoms with Crippen LogP contribution < -0.4 is 51.4 Å². The van der Waals surface area contributed by atoms with Crippen LogP contribution in [0.15, 0.2) is 0 Å². The second kappa shape index (κ2) is 17.6. The molecule has 0 spiro atoms. The fourth-order valence-corrected chi connectivity index (χ4v) is 0.173. The molecule has 0 aliphatic rings. The summed E-state index contributed by atoms with van der Waals surface area (Å²) in [4.78, 5) is 27.6. The summed E-state index contributed by atoms with van der Waals surface area (Å²) < 4.78 is 0. The third kappa shape index (κ3) is 31.1. The van der Waals surface area contributed by atoms with Gasteiger partial charge in [0, 0.05) is 6.42 Å². The van der Waals surface area contributed by atoms with Crippen LogP contribution in [0.25, 0.3) is 0 Å². The first-order chi connectivity index (χ1) is 5.18. The van der Waals surface area contributed by atoms with Crippen molar-refractivity contribution in [3.8, 4) is 0 Å². The van der Waals surface area contributed by atoms with Crippen molar-refractivity contribution in [1.29, 1.82) is 0 Å². The van der Waals surface area contributed by atoms with E-state index in [0.29, 0.717) is 12.6 Å². The quantitative estimate of drug-likeness (QED) is 0.222. The average molecular weight is 198 g/mol. The number of carbonyl (C=O) groups is 2. The molecule has 0 aliphatic carbocycles. The van der Waals surface area contributed by atoms with E-state index >= 15 is 0 Å². The SMILES string of the molecule is CC(O)CC=O.O=[C-]CC=O.[K+]. The molecule has 0 aromatic rings. The second-order valence-electron chi connectivity index (χ2n) is 1.77. The van der Waals surface area contributed by atoms with Crippen molar-refractivity contribution in [3.05, 3.63) is 0 Å². The predicted octanol–water partition coefficient (Wildman–Crippen LogP) is -3.35. The van der Waals surface area contributed by atoms with E-state index in [9.17, 15) is 4.79 Å². The molecule has 0 aliphatic heterocycles. The summed E-state index contributed by atoms with van der Waals surface area (Å²) in [5, 5.41) is 8.32. The Bertz CT molecular complexity index is 108. The van der Waals surface area contributed by atoms with Crippen molar-refractivity contribution >= 4 is 18.9 Å². The normalized spacial score (nSPS) is 9.50. The maximum absolute atomic E-state index is 9.46. The van der Waals surface area contributed by atoms with E-state index in [4.69, 9.17) is 14.7 Å². The van der Waals surface area contributed by atoms with E-state index in [2.05, 4.69) is 0 Å². The van der Waals surface area contributed by atoms with Gasteiger partial charge in [-0.3, -0.25) is 6.29 Å². The zero-order valence-corrected chi connectivity index (χ0v) is 10.4. The van der Waals surface area contributed by atoms with E-state index < -0.39 is 6.10 Å². The molecule has 0 aromatic heterocycles. The smallest absolute Gasteiger partial charge is 0.541 e. The summed E-state index contributed by atoms with van der Waals surface area (Å²) in [5.74, 6) is 0. The van der Waals surface area contributed by atoms with Crippen molar-refractivity contribution in [2.24, 2.45) is 0 Å². The summed E-state index contributed by atoms with van der Waals surface area (Å²) in [7, 11) is 0. The number of aldehydes is 2. The predicted molar refractivity (Wildman–Crippen MR) is 38.7 cm³/mol. The molecule has 0 aromatic carbocycles.